The fourth-order valence-corrected chi connectivity index (χ4v) is 1.88. The van der Waals surface area contributed by atoms with Gasteiger partial charge in [-0.1, -0.05) is 17.7 Å². The van der Waals surface area contributed by atoms with Gasteiger partial charge in [0.05, 0.1) is 5.69 Å². The largest absolute Gasteiger partial charge is 1.00 e. The minimum Gasteiger partial charge on any atom is -1.00 e. The minimum absolute atomic E-state index is 0. The zero-order valence-corrected chi connectivity index (χ0v) is 13.8. The van der Waals surface area contributed by atoms with Crippen LogP contribution in [0.5, 0.6) is 0 Å². The van der Waals surface area contributed by atoms with Crippen molar-refractivity contribution >= 4 is 11.9 Å². The summed E-state index contributed by atoms with van der Waals surface area (Å²) in [6.07, 6.45) is 0. The van der Waals surface area contributed by atoms with Gasteiger partial charge in [0.1, 0.15) is 0 Å². The van der Waals surface area contributed by atoms with E-state index in [-0.39, 0.29) is 36.7 Å². The number of aryl methyl sites for hydroxylation is 1. The van der Waals surface area contributed by atoms with Crippen LogP contribution in [0.4, 0.5) is 0 Å². The normalized spacial score (nSPS) is 9.86. The van der Waals surface area contributed by atoms with Gasteiger partial charge in [-0.25, -0.2) is 14.4 Å². The Kier molecular flexibility index (Phi) is 5.48. The number of aromatic nitrogens is 2. The zero-order valence-electron chi connectivity index (χ0n) is 12.8. The van der Waals surface area contributed by atoms with Gasteiger partial charge in [-0.2, -0.15) is 0 Å². The molecule has 0 fully saturated rings. The number of carbonyl (C=O) groups is 2. The summed E-state index contributed by atoms with van der Waals surface area (Å²) in [6.45, 7) is 1.79. The predicted octanol–water partition coefficient (Wildman–Crippen LogP) is -2.65. The van der Waals surface area contributed by atoms with Crippen LogP contribution in [0.2, 0.25) is 0 Å². The van der Waals surface area contributed by atoms with Crippen LogP contribution in [-0.2, 0) is 0 Å². The second-order valence-electron chi connectivity index (χ2n) is 4.26. The Balaban J connectivity index is 0.00000242. The van der Waals surface area contributed by atoms with E-state index in [1.54, 1.807) is 24.0 Å². The first-order chi connectivity index (χ1) is 9.82. The summed E-state index contributed by atoms with van der Waals surface area (Å²) in [5.41, 5.74) is -3.16. The molecule has 110 valence electrons. The summed E-state index contributed by atoms with van der Waals surface area (Å²) < 4.78 is 0.645. The predicted molar refractivity (Wildman–Crippen MR) is 72.4 cm³/mol. The van der Waals surface area contributed by atoms with E-state index in [9.17, 15) is 24.3 Å². The molecule has 0 saturated heterocycles. The molecule has 22 heavy (non-hydrogen) atoms. The minimum atomic E-state index is -1.73. The van der Waals surface area contributed by atoms with Crippen LogP contribution < -0.4 is 40.8 Å². The molecule has 2 rings (SSSR count). The molecular weight excluding hydrogens is 303 g/mol. The van der Waals surface area contributed by atoms with Crippen molar-refractivity contribution < 1.29 is 50.8 Å². The Morgan fingerprint density at radius 3 is 2.09 bits per heavy atom. The van der Waals surface area contributed by atoms with E-state index in [0.29, 0.717) is 4.57 Å². The first kappa shape index (κ1) is 17.9. The average molecular weight is 314 g/mol. The number of hydrogen-bond donors (Lipinski definition) is 3. The first-order valence-electron chi connectivity index (χ1n) is 5.76. The summed E-state index contributed by atoms with van der Waals surface area (Å²) in [7, 11) is 0. The summed E-state index contributed by atoms with van der Waals surface area (Å²) in [5, 5.41) is 18.2. The molecule has 0 radical (unpaired) electrons. The van der Waals surface area contributed by atoms with E-state index >= 15 is 0 Å². The summed E-state index contributed by atoms with van der Waals surface area (Å²) in [5.74, 6) is -3.41. The van der Waals surface area contributed by atoms with E-state index in [2.05, 4.69) is 0 Å². The van der Waals surface area contributed by atoms with Crippen LogP contribution >= 0.6 is 0 Å². The van der Waals surface area contributed by atoms with Gasteiger partial charge in [-0.3, -0.25) is 14.3 Å². The number of H-pyrrole nitrogens is 1. The molecular formula is C13H11N2NaO6. The number of benzene rings is 1. The van der Waals surface area contributed by atoms with E-state index in [0.717, 1.165) is 5.56 Å². The van der Waals surface area contributed by atoms with Gasteiger partial charge in [0, 0.05) is 0 Å². The maximum Gasteiger partial charge on any atom is 1.00 e. The number of nitrogens with zero attached hydrogens (tertiary/aromatic N) is 1. The number of rotatable bonds is 3. The second-order valence-corrected chi connectivity index (χ2v) is 4.26. The van der Waals surface area contributed by atoms with Crippen LogP contribution in [0.1, 0.15) is 27.8 Å². The fourth-order valence-electron chi connectivity index (χ4n) is 1.88. The topological polar surface area (TPSA) is 129 Å². The van der Waals surface area contributed by atoms with E-state index < -0.39 is 34.4 Å². The zero-order chi connectivity index (χ0) is 15.7. The third kappa shape index (κ3) is 3.19. The van der Waals surface area contributed by atoms with Gasteiger partial charge < -0.3 is 11.6 Å². The molecule has 0 aliphatic carbocycles. The first-order valence-corrected chi connectivity index (χ1v) is 5.76. The number of aromatic amines is 1. The van der Waals surface area contributed by atoms with Crippen molar-refractivity contribution in [2.45, 2.75) is 6.92 Å². The van der Waals surface area contributed by atoms with Crippen molar-refractivity contribution in [3.8, 4) is 5.69 Å². The molecule has 2 aromatic rings. The van der Waals surface area contributed by atoms with Crippen molar-refractivity contribution in [2.75, 3.05) is 0 Å². The SMILES string of the molecule is Cc1ccc(-n2c(C(=O)O)c(C(=O)O)c(=O)[nH]c2=O)cc1.[H-].[Na+]. The van der Waals surface area contributed by atoms with Crippen LogP contribution in [0.15, 0.2) is 33.9 Å². The Bertz CT molecular complexity index is 856. The molecule has 1 aromatic carbocycles. The molecule has 0 atom stereocenters. The van der Waals surface area contributed by atoms with Crippen LogP contribution in [-0.4, -0.2) is 31.7 Å². The van der Waals surface area contributed by atoms with Gasteiger partial charge in [-0.05, 0) is 19.1 Å². The second kappa shape index (κ2) is 6.73. The van der Waals surface area contributed by atoms with E-state index in [4.69, 9.17) is 5.11 Å². The molecule has 8 nitrogen and oxygen atoms in total. The van der Waals surface area contributed by atoms with Gasteiger partial charge in [0.25, 0.3) is 5.56 Å². The molecule has 1 heterocycles. The third-order valence-electron chi connectivity index (χ3n) is 2.82. The molecule has 0 aliphatic rings. The Morgan fingerprint density at radius 2 is 1.64 bits per heavy atom. The third-order valence-corrected chi connectivity index (χ3v) is 2.82. The van der Waals surface area contributed by atoms with E-state index in [1.165, 1.54) is 12.1 Å². The van der Waals surface area contributed by atoms with Crippen LogP contribution in [0, 0.1) is 6.92 Å². The Hall–Kier alpha value is -2.16. The molecule has 0 saturated carbocycles. The average Bonchev–Trinajstić information content (AvgIpc) is 2.38. The molecule has 0 aliphatic heterocycles. The maximum absolute atomic E-state index is 11.9. The number of carboxylic acid groups (broad SMARTS) is 2. The molecule has 0 bridgehead atoms. The van der Waals surface area contributed by atoms with Crippen LogP contribution in [0.25, 0.3) is 5.69 Å². The molecule has 0 unspecified atom stereocenters. The van der Waals surface area contributed by atoms with Gasteiger partial charge in [-0.15, -0.1) is 0 Å². The summed E-state index contributed by atoms with van der Waals surface area (Å²) in [4.78, 5) is 47.6. The quantitative estimate of drug-likeness (QED) is 0.531. The van der Waals surface area contributed by atoms with Gasteiger partial charge in [0.15, 0.2) is 11.3 Å². The van der Waals surface area contributed by atoms with Crippen molar-refractivity contribution in [3.05, 3.63) is 61.9 Å². The molecule has 9 heteroatoms. The van der Waals surface area contributed by atoms with Crippen molar-refractivity contribution in [2.24, 2.45) is 0 Å². The number of hydrogen-bond acceptors (Lipinski definition) is 4. The van der Waals surface area contributed by atoms with Crippen molar-refractivity contribution in [1.82, 2.24) is 9.55 Å². The fraction of sp³-hybridized carbons (Fsp3) is 0.0769. The molecule has 3 N–H and O–H groups in total. The Labute approximate surface area is 146 Å². The number of carboxylic acids is 2. The van der Waals surface area contributed by atoms with Crippen molar-refractivity contribution in [3.63, 3.8) is 0 Å². The molecule has 0 spiro atoms. The number of nitrogens with one attached hydrogen (secondary N) is 1. The maximum atomic E-state index is 11.9. The van der Waals surface area contributed by atoms with E-state index in [1.807, 2.05) is 0 Å². The standard InChI is InChI=1S/C13H10N2O6.Na.H/c1-6-2-4-7(5-3-6)15-9(12(19)20)8(11(17)18)10(16)14-13(15)21;;/h2-5H,1H3,(H,17,18)(H,19,20)(H,14,16,21);;/q;+1;-1. The Morgan fingerprint density at radius 1 is 1.09 bits per heavy atom. The smallest absolute Gasteiger partial charge is 1.00 e. The van der Waals surface area contributed by atoms with Crippen molar-refractivity contribution in [1.29, 1.82) is 0 Å². The summed E-state index contributed by atoms with van der Waals surface area (Å²) >= 11 is 0. The van der Waals surface area contributed by atoms with Crippen LogP contribution in [0.3, 0.4) is 0 Å². The van der Waals surface area contributed by atoms with Gasteiger partial charge >= 0.3 is 47.2 Å². The van der Waals surface area contributed by atoms with Gasteiger partial charge in [0.2, 0.25) is 0 Å². The monoisotopic (exact) mass is 314 g/mol. The molecule has 1 aromatic heterocycles. The number of aromatic carboxylic acids is 2. The summed E-state index contributed by atoms with van der Waals surface area (Å²) in [6, 6.07) is 6.15. The molecule has 0 amide bonds.